The van der Waals surface area contributed by atoms with E-state index in [4.69, 9.17) is 5.73 Å². The normalized spacial score (nSPS) is 37.4. The van der Waals surface area contributed by atoms with Crippen LogP contribution in [-0.4, -0.2) is 55.0 Å². The lowest BCUT2D eigenvalue weighted by molar-refractivity contribution is -0.137. The zero-order valence-corrected chi connectivity index (χ0v) is 15.0. The second kappa shape index (κ2) is 7.52. The summed E-state index contributed by atoms with van der Waals surface area (Å²) in [7, 11) is 2.21. The molecule has 2 saturated carbocycles. The molecule has 2 aliphatic carbocycles. The van der Waals surface area contributed by atoms with Crippen LogP contribution in [0.3, 0.4) is 0 Å². The number of hydrogen-bond acceptors (Lipinski definition) is 3. The lowest BCUT2D eigenvalue weighted by Gasteiger charge is -2.44. The number of nitrogens with two attached hydrogens (primary N) is 1. The number of rotatable bonds is 5. The van der Waals surface area contributed by atoms with Crippen LogP contribution in [-0.2, 0) is 4.79 Å². The second-order valence-corrected chi connectivity index (χ2v) is 8.40. The number of hydrogen-bond donors (Lipinski definition) is 1. The lowest BCUT2D eigenvalue weighted by atomic mass is 9.65. The molecule has 0 aromatic rings. The van der Waals surface area contributed by atoms with Crippen molar-refractivity contribution in [1.29, 1.82) is 0 Å². The van der Waals surface area contributed by atoms with E-state index >= 15 is 0 Å². The molecule has 3 fully saturated rings. The highest BCUT2D eigenvalue weighted by molar-refractivity contribution is 5.79. The zero-order valence-electron chi connectivity index (χ0n) is 15.0. The minimum atomic E-state index is 0.261. The molecule has 1 saturated heterocycles. The molecular weight excluding hydrogens is 286 g/mol. The Morgan fingerprint density at radius 3 is 2.57 bits per heavy atom. The highest BCUT2D eigenvalue weighted by Gasteiger charge is 2.42. The number of likely N-dealkylation sites (tertiary alicyclic amines) is 1. The minimum Gasteiger partial charge on any atom is -0.342 e. The van der Waals surface area contributed by atoms with E-state index in [1.54, 1.807) is 0 Å². The van der Waals surface area contributed by atoms with Crippen LogP contribution in [0.15, 0.2) is 0 Å². The monoisotopic (exact) mass is 321 g/mol. The summed E-state index contributed by atoms with van der Waals surface area (Å²) < 4.78 is 0. The van der Waals surface area contributed by atoms with Gasteiger partial charge in [-0.05, 0) is 69.9 Å². The van der Waals surface area contributed by atoms with E-state index in [1.165, 1.54) is 32.1 Å². The number of fused-ring (bicyclic) bond motifs is 2. The fourth-order valence-corrected chi connectivity index (χ4v) is 5.34. The van der Waals surface area contributed by atoms with Gasteiger partial charge in [0.05, 0.1) is 0 Å². The summed E-state index contributed by atoms with van der Waals surface area (Å²) in [5.74, 6) is 2.57. The Hall–Kier alpha value is -0.610. The molecule has 2 bridgehead atoms. The fraction of sp³-hybridized carbons (Fsp3) is 0.947. The molecule has 0 aromatic carbocycles. The number of amides is 1. The average Bonchev–Trinajstić information content (AvgIpc) is 2.95. The first-order valence-electron chi connectivity index (χ1n) is 9.81. The van der Waals surface area contributed by atoms with E-state index < -0.39 is 0 Å². The SMILES string of the molecule is CCCN(C)CC1CCN(C(=O)C2CC3CCCC(C2)C3N)C1. The molecule has 4 heteroatoms. The van der Waals surface area contributed by atoms with Gasteiger partial charge in [0.2, 0.25) is 5.91 Å². The lowest BCUT2D eigenvalue weighted by Crippen LogP contribution is -2.49. The molecule has 3 aliphatic rings. The first-order chi connectivity index (χ1) is 11.1. The van der Waals surface area contributed by atoms with Gasteiger partial charge in [-0.1, -0.05) is 13.3 Å². The van der Waals surface area contributed by atoms with Gasteiger partial charge in [0, 0.05) is 31.6 Å². The van der Waals surface area contributed by atoms with Crippen LogP contribution >= 0.6 is 0 Å². The quantitative estimate of drug-likeness (QED) is 0.845. The van der Waals surface area contributed by atoms with E-state index in [9.17, 15) is 4.79 Å². The summed E-state index contributed by atoms with van der Waals surface area (Å²) in [6.07, 6.45) is 8.29. The molecular formula is C19H35N3O. The van der Waals surface area contributed by atoms with Crippen molar-refractivity contribution in [3.63, 3.8) is 0 Å². The highest BCUT2D eigenvalue weighted by Crippen LogP contribution is 2.42. The van der Waals surface area contributed by atoms with Crippen molar-refractivity contribution in [2.45, 2.75) is 57.9 Å². The first kappa shape index (κ1) is 17.2. The predicted molar refractivity (Wildman–Crippen MR) is 94.0 cm³/mol. The number of nitrogens with zero attached hydrogens (tertiary/aromatic N) is 2. The van der Waals surface area contributed by atoms with Gasteiger partial charge < -0.3 is 15.5 Å². The van der Waals surface area contributed by atoms with Gasteiger partial charge >= 0.3 is 0 Å². The third kappa shape index (κ3) is 3.90. The third-order valence-corrected chi connectivity index (χ3v) is 6.53. The summed E-state index contributed by atoms with van der Waals surface area (Å²) in [5, 5.41) is 0. The number of carbonyl (C=O) groups is 1. The zero-order chi connectivity index (χ0) is 16.4. The van der Waals surface area contributed by atoms with Crippen LogP contribution in [0.1, 0.15) is 51.9 Å². The predicted octanol–water partition coefficient (Wildman–Crippen LogP) is 2.33. The first-order valence-corrected chi connectivity index (χ1v) is 9.81. The van der Waals surface area contributed by atoms with Gasteiger partial charge in [-0.2, -0.15) is 0 Å². The standard InChI is InChI=1S/C19H35N3O/c1-3-8-21(2)12-14-7-9-22(13-14)19(23)17-10-15-5-4-6-16(11-17)18(15)20/h14-18H,3-13,20H2,1-2H3. The Bertz CT molecular complexity index is 399. The van der Waals surface area contributed by atoms with E-state index in [0.29, 0.717) is 29.7 Å². The van der Waals surface area contributed by atoms with Crippen LogP contribution in [0.5, 0.6) is 0 Å². The summed E-state index contributed by atoms with van der Waals surface area (Å²) in [5.41, 5.74) is 6.38. The molecule has 1 aliphatic heterocycles. The Morgan fingerprint density at radius 2 is 1.91 bits per heavy atom. The van der Waals surface area contributed by atoms with E-state index in [2.05, 4.69) is 23.8 Å². The smallest absolute Gasteiger partial charge is 0.225 e. The molecule has 3 unspecified atom stereocenters. The molecule has 3 rings (SSSR count). The van der Waals surface area contributed by atoms with Crippen molar-refractivity contribution in [2.24, 2.45) is 29.4 Å². The fourth-order valence-electron chi connectivity index (χ4n) is 5.34. The summed E-state index contributed by atoms with van der Waals surface area (Å²) in [4.78, 5) is 17.6. The Kier molecular flexibility index (Phi) is 5.63. The van der Waals surface area contributed by atoms with Crippen LogP contribution in [0.25, 0.3) is 0 Å². The average molecular weight is 322 g/mol. The molecule has 2 N–H and O–H groups in total. The Balaban J connectivity index is 1.51. The van der Waals surface area contributed by atoms with Gasteiger partial charge in [0.25, 0.3) is 0 Å². The Morgan fingerprint density at radius 1 is 1.22 bits per heavy atom. The molecule has 0 aromatic heterocycles. The van der Waals surface area contributed by atoms with Gasteiger partial charge in [-0.3, -0.25) is 4.79 Å². The topological polar surface area (TPSA) is 49.6 Å². The second-order valence-electron chi connectivity index (χ2n) is 8.40. The molecule has 23 heavy (non-hydrogen) atoms. The van der Waals surface area contributed by atoms with E-state index in [0.717, 1.165) is 39.0 Å². The maximum atomic E-state index is 13.0. The van der Waals surface area contributed by atoms with Crippen LogP contribution in [0.2, 0.25) is 0 Å². The van der Waals surface area contributed by atoms with Gasteiger partial charge in [0.15, 0.2) is 0 Å². The van der Waals surface area contributed by atoms with Gasteiger partial charge in [-0.25, -0.2) is 0 Å². The van der Waals surface area contributed by atoms with Crippen LogP contribution in [0, 0.1) is 23.7 Å². The third-order valence-electron chi connectivity index (χ3n) is 6.53. The largest absolute Gasteiger partial charge is 0.342 e. The Labute approximate surface area is 141 Å². The maximum Gasteiger partial charge on any atom is 0.225 e. The molecule has 0 radical (unpaired) electrons. The molecule has 1 amide bonds. The van der Waals surface area contributed by atoms with Crippen molar-refractivity contribution < 1.29 is 4.79 Å². The summed E-state index contributed by atoms with van der Waals surface area (Å²) in [6, 6.07) is 0.363. The highest BCUT2D eigenvalue weighted by atomic mass is 16.2. The minimum absolute atomic E-state index is 0.261. The van der Waals surface area contributed by atoms with Crippen LogP contribution < -0.4 is 5.73 Å². The van der Waals surface area contributed by atoms with E-state index in [1.807, 2.05) is 0 Å². The van der Waals surface area contributed by atoms with Gasteiger partial charge in [-0.15, -0.1) is 0 Å². The van der Waals surface area contributed by atoms with Crippen LogP contribution in [0.4, 0.5) is 0 Å². The molecule has 1 heterocycles. The van der Waals surface area contributed by atoms with Crippen molar-refractivity contribution in [3.05, 3.63) is 0 Å². The van der Waals surface area contributed by atoms with Crippen molar-refractivity contribution in [1.82, 2.24) is 9.80 Å². The molecule has 4 nitrogen and oxygen atoms in total. The van der Waals surface area contributed by atoms with Crippen molar-refractivity contribution in [2.75, 3.05) is 33.2 Å². The summed E-state index contributed by atoms with van der Waals surface area (Å²) in [6.45, 7) is 6.48. The molecule has 0 spiro atoms. The molecule has 3 atom stereocenters. The van der Waals surface area contributed by atoms with Crippen molar-refractivity contribution >= 4 is 5.91 Å². The number of carbonyl (C=O) groups excluding carboxylic acids is 1. The van der Waals surface area contributed by atoms with Gasteiger partial charge in [0.1, 0.15) is 0 Å². The summed E-state index contributed by atoms with van der Waals surface area (Å²) >= 11 is 0. The molecule has 132 valence electrons. The van der Waals surface area contributed by atoms with E-state index in [-0.39, 0.29) is 5.92 Å². The van der Waals surface area contributed by atoms with Crippen molar-refractivity contribution in [3.8, 4) is 0 Å². The maximum absolute atomic E-state index is 13.0.